The predicted molar refractivity (Wildman–Crippen MR) is 114 cm³/mol. The Balaban J connectivity index is 1.74. The maximum atomic E-state index is 6.49. The monoisotopic (exact) mass is 366 g/mol. The second-order valence-corrected chi connectivity index (χ2v) is 8.01. The fraction of sp³-hybridized carbons (Fsp3) is 0.500. The van der Waals surface area contributed by atoms with Gasteiger partial charge in [-0.15, -0.1) is 0 Å². The molecule has 2 aromatic rings. The van der Waals surface area contributed by atoms with Crippen molar-refractivity contribution in [3.63, 3.8) is 0 Å². The average Bonchev–Trinajstić information content (AvgIpc) is 3.22. The van der Waals surface area contributed by atoms with Crippen molar-refractivity contribution in [2.24, 2.45) is 5.92 Å². The van der Waals surface area contributed by atoms with Crippen LogP contribution in [0.5, 0.6) is 0 Å². The third-order valence-electron chi connectivity index (χ3n) is 5.25. The number of hydrogen-bond donors (Lipinski definition) is 1. The van der Waals surface area contributed by atoms with Crippen LogP contribution in [0, 0.1) is 5.92 Å². The van der Waals surface area contributed by atoms with E-state index in [2.05, 4.69) is 84.7 Å². The maximum Gasteiger partial charge on any atom is 0.0787 e. The molecule has 1 saturated heterocycles. The van der Waals surface area contributed by atoms with Crippen LogP contribution in [-0.4, -0.2) is 43.3 Å². The lowest BCUT2D eigenvalue weighted by Crippen LogP contribution is -2.49. The van der Waals surface area contributed by atoms with Crippen molar-refractivity contribution in [3.05, 3.63) is 66.2 Å². The molecule has 3 heteroatoms. The lowest BCUT2D eigenvalue weighted by atomic mass is 10.00. The van der Waals surface area contributed by atoms with E-state index in [9.17, 15) is 0 Å². The van der Waals surface area contributed by atoms with Gasteiger partial charge in [0.25, 0.3) is 0 Å². The van der Waals surface area contributed by atoms with Crippen molar-refractivity contribution in [2.45, 2.75) is 45.3 Å². The van der Waals surface area contributed by atoms with E-state index in [0.29, 0.717) is 12.0 Å². The number of rotatable bonds is 10. The molecule has 1 aliphatic rings. The lowest BCUT2D eigenvalue weighted by Gasteiger charge is -2.35. The van der Waals surface area contributed by atoms with E-state index in [4.69, 9.17) is 4.74 Å². The molecule has 0 amide bonds. The Labute approximate surface area is 164 Å². The summed E-state index contributed by atoms with van der Waals surface area (Å²) in [7, 11) is 0. The van der Waals surface area contributed by atoms with E-state index in [0.717, 1.165) is 19.6 Å². The first-order valence-electron chi connectivity index (χ1n) is 10.4. The molecule has 0 saturated carbocycles. The Hall–Kier alpha value is -1.84. The maximum absolute atomic E-state index is 6.49. The molecule has 0 bridgehead atoms. The van der Waals surface area contributed by atoms with Crippen molar-refractivity contribution in [1.29, 1.82) is 0 Å². The molecule has 1 aliphatic heterocycles. The van der Waals surface area contributed by atoms with Crippen molar-refractivity contribution < 1.29 is 4.74 Å². The third kappa shape index (κ3) is 6.37. The minimum absolute atomic E-state index is 0.198. The molecule has 0 aromatic heterocycles. The molecule has 1 fully saturated rings. The van der Waals surface area contributed by atoms with Crippen LogP contribution in [0.3, 0.4) is 0 Å². The van der Waals surface area contributed by atoms with Gasteiger partial charge < -0.3 is 10.1 Å². The van der Waals surface area contributed by atoms with Gasteiger partial charge in [0.05, 0.1) is 12.1 Å². The molecular weight excluding hydrogens is 332 g/mol. The number of para-hydroxylation sites is 1. The Morgan fingerprint density at radius 1 is 0.926 bits per heavy atom. The molecule has 1 N–H and O–H groups in total. The summed E-state index contributed by atoms with van der Waals surface area (Å²) < 4.78 is 6.49. The highest BCUT2D eigenvalue weighted by Gasteiger charge is 2.30. The fourth-order valence-electron chi connectivity index (χ4n) is 3.82. The summed E-state index contributed by atoms with van der Waals surface area (Å²) in [6.45, 7) is 8.54. The molecule has 146 valence electrons. The molecular formula is C24H34N2O. The van der Waals surface area contributed by atoms with Crippen LogP contribution >= 0.6 is 0 Å². The SMILES string of the molecule is CC(C)COC(Cc1ccccc1)C(CNc1ccccc1)N1CCCC1. The van der Waals surface area contributed by atoms with Gasteiger partial charge in [0.15, 0.2) is 0 Å². The Morgan fingerprint density at radius 3 is 2.19 bits per heavy atom. The number of nitrogens with one attached hydrogen (secondary N) is 1. The summed E-state index contributed by atoms with van der Waals surface area (Å²) in [4.78, 5) is 2.63. The van der Waals surface area contributed by atoms with Crippen LogP contribution in [0.1, 0.15) is 32.3 Å². The van der Waals surface area contributed by atoms with Crippen molar-refractivity contribution in [3.8, 4) is 0 Å². The van der Waals surface area contributed by atoms with Crippen LogP contribution in [0.15, 0.2) is 60.7 Å². The van der Waals surface area contributed by atoms with Crippen LogP contribution in [0.4, 0.5) is 5.69 Å². The van der Waals surface area contributed by atoms with E-state index in [1.807, 2.05) is 0 Å². The van der Waals surface area contributed by atoms with Crippen molar-refractivity contribution in [1.82, 2.24) is 4.90 Å². The normalized spacial score (nSPS) is 17.1. The van der Waals surface area contributed by atoms with Gasteiger partial charge in [-0.2, -0.15) is 0 Å². The highest BCUT2D eigenvalue weighted by Crippen LogP contribution is 2.21. The van der Waals surface area contributed by atoms with Crippen LogP contribution in [-0.2, 0) is 11.2 Å². The van der Waals surface area contributed by atoms with Crippen molar-refractivity contribution in [2.75, 3.05) is 31.6 Å². The second kappa shape index (κ2) is 10.5. The van der Waals surface area contributed by atoms with E-state index in [-0.39, 0.29) is 6.10 Å². The number of hydrogen-bond acceptors (Lipinski definition) is 3. The second-order valence-electron chi connectivity index (χ2n) is 8.01. The standard InChI is InChI=1S/C24H34N2O/c1-20(2)19-27-24(17-21-11-5-3-6-12-21)23(26-15-9-10-16-26)18-25-22-13-7-4-8-14-22/h3-8,11-14,20,23-25H,9-10,15-19H2,1-2H3. The predicted octanol–water partition coefficient (Wildman–Crippen LogP) is 4.85. The molecule has 27 heavy (non-hydrogen) atoms. The van der Waals surface area contributed by atoms with Crippen LogP contribution < -0.4 is 5.32 Å². The number of ether oxygens (including phenoxy) is 1. The quantitative estimate of drug-likeness (QED) is 0.651. The molecule has 0 aliphatic carbocycles. The highest BCUT2D eigenvalue weighted by atomic mass is 16.5. The van der Waals surface area contributed by atoms with Gasteiger partial charge >= 0.3 is 0 Å². The zero-order chi connectivity index (χ0) is 18.9. The lowest BCUT2D eigenvalue weighted by molar-refractivity contribution is -0.0153. The highest BCUT2D eigenvalue weighted by molar-refractivity contribution is 5.42. The molecule has 0 radical (unpaired) electrons. The van der Waals surface area contributed by atoms with Gasteiger partial charge in [-0.1, -0.05) is 62.4 Å². The summed E-state index contributed by atoms with van der Waals surface area (Å²) in [5.74, 6) is 0.546. The Morgan fingerprint density at radius 2 is 1.56 bits per heavy atom. The largest absolute Gasteiger partial charge is 0.383 e. The van der Waals surface area contributed by atoms with Gasteiger partial charge in [-0.25, -0.2) is 0 Å². The first-order chi connectivity index (χ1) is 13.2. The minimum Gasteiger partial charge on any atom is -0.383 e. The molecule has 3 rings (SSSR count). The topological polar surface area (TPSA) is 24.5 Å². The first-order valence-corrected chi connectivity index (χ1v) is 10.4. The molecule has 3 nitrogen and oxygen atoms in total. The fourth-order valence-corrected chi connectivity index (χ4v) is 3.82. The van der Waals surface area contributed by atoms with Crippen molar-refractivity contribution >= 4 is 5.69 Å². The van der Waals surface area contributed by atoms with Gasteiger partial charge in [0, 0.05) is 25.3 Å². The van der Waals surface area contributed by atoms with E-state index >= 15 is 0 Å². The molecule has 2 atom stereocenters. The van der Waals surface area contributed by atoms with E-state index in [1.165, 1.54) is 37.2 Å². The van der Waals surface area contributed by atoms with Gasteiger partial charge in [0.2, 0.25) is 0 Å². The van der Waals surface area contributed by atoms with Crippen LogP contribution in [0.25, 0.3) is 0 Å². The zero-order valence-corrected chi connectivity index (χ0v) is 16.8. The summed E-state index contributed by atoms with van der Waals surface area (Å²) in [6, 6.07) is 21.7. The van der Waals surface area contributed by atoms with E-state index in [1.54, 1.807) is 0 Å². The number of likely N-dealkylation sites (tertiary alicyclic amines) is 1. The first kappa shape index (κ1) is 19.9. The smallest absolute Gasteiger partial charge is 0.0787 e. The molecule has 2 unspecified atom stereocenters. The third-order valence-corrected chi connectivity index (χ3v) is 5.25. The Kier molecular flexibility index (Phi) is 7.73. The molecule has 0 spiro atoms. The Bertz CT molecular complexity index is 638. The average molecular weight is 367 g/mol. The molecule has 2 aromatic carbocycles. The number of anilines is 1. The van der Waals surface area contributed by atoms with E-state index < -0.39 is 0 Å². The molecule has 1 heterocycles. The minimum atomic E-state index is 0.198. The summed E-state index contributed by atoms with van der Waals surface area (Å²) >= 11 is 0. The van der Waals surface area contributed by atoms with Gasteiger partial charge in [-0.05, 0) is 49.5 Å². The zero-order valence-electron chi connectivity index (χ0n) is 16.8. The van der Waals surface area contributed by atoms with Gasteiger partial charge in [-0.3, -0.25) is 4.90 Å². The number of nitrogens with zero attached hydrogens (tertiary/aromatic N) is 1. The summed E-state index contributed by atoms with van der Waals surface area (Å²) in [6.07, 6.45) is 3.75. The number of benzene rings is 2. The summed E-state index contributed by atoms with van der Waals surface area (Å²) in [5.41, 5.74) is 2.54. The summed E-state index contributed by atoms with van der Waals surface area (Å²) in [5, 5.41) is 3.65. The van der Waals surface area contributed by atoms with Crippen LogP contribution in [0.2, 0.25) is 0 Å². The van der Waals surface area contributed by atoms with Gasteiger partial charge in [0.1, 0.15) is 0 Å².